The number of halogens is 1. The van der Waals surface area contributed by atoms with Crippen LogP contribution in [0.2, 0.25) is 0 Å². The van der Waals surface area contributed by atoms with Crippen LogP contribution in [0.4, 0.5) is 4.39 Å². The summed E-state index contributed by atoms with van der Waals surface area (Å²) in [5, 5.41) is 0. The highest BCUT2D eigenvalue weighted by molar-refractivity contribution is 5.16. The molecule has 0 unspecified atom stereocenters. The van der Waals surface area contributed by atoms with E-state index in [2.05, 4.69) is 9.80 Å². The molecule has 2 aliphatic heterocycles. The van der Waals surface area contributed by atoms with Crippen molar-refractivity contribution < 1.29 is 8.81 Å². The highest BCUT2D eigenvalue weighted by Gasteiger charge is 2.39. The standard InChI is InChI=1S/C18H21FN2O/c19-17-4-1-3-14(7-17)8-20-9-15-11-21(12-16(15)10-20)13-18-5-2-6-22-18/h1-7,15-16H,8-13H2/t15-,16-/m0/s1. The van der Waals surface area contributed by atoms with Crippen molar-refractivity contribution in [3.8, 4) is 0 Å². The van der Waals surface area contributed by atoms with Crippen molar-refractivity contribution >= 4 is 0 Å². The maximum absolute atomic E-state index is 13.3. The lowest BCUT2D eigenvalue weighted by molar-refractivity contribution is 0.234. The first kappa shape index (κ1) is 14.0. The van der Waals surface area contributed by atoms with Crippen LogP contribution in [-0.4, -0.2) is 36.0 Å². The molecular weight excluding hydrogens is 279 g/mol. The Bertz CT molecular complexity index is 614. The molecule has 2 atom stereocenters. The van der Waals surface area contributed by atoms with E-state index in [1.54, 1.807) is 18.4 Å². The molecule has 1 aromatic heterocycles. The van der Waals surface area contributed by atoms with Crippen molar-refractivity contribution in [1.82, 2.24) is 9.80 Å². The molecule has 4 rings (SSSR count). The lowest BCUT2D eigenvalue weighted by atomic mass is 10.0. The van der Waals surface area contributed by atoms with E-state index in [1.165, 1.54) is 6.07 Å². The van der Waals surface area contributed by atoms with E-state index in [0.29, 0.717) is 0 Å². The average molecular weight is 300 g/mol. The van der Waals surface area contributed by atoms with Crippen LogP contribution in [-0.2, 0) is 13.1 Å². The van der Waals surface area contributed by atoms with Gasteiger partial charge in [-0.2, -0.15) is 0 Å². The SMILES string of the molecule is Fc1cccc(CN2C[C@H]3CN(Cc4ccco4)C[C@@H]3C2)c1. The fourth-order valence-corrected chi connectivity index (χ4v) is 3.96. The van der Waals surface area contributed by atoms with Crippen molar-refractivity contribution in [3.05, 3.63) is 59.8 Å². The number of rotatable bonds is 4. The smallest absolute Gasteiger partial charge is 0.123 e. The first-order chi connectivity index (χ1) is 10.8. The Morgan fingerprint density at radius 3 is 2.32 bits per heavy atom. The Morgan fingerprint density at radius 2 is 1.68 bits per heavy atom. The van der Waals surface area contributed by atoms with Gasteiger partial charge in [0.15, 0.2) is 0 Å². The van der Waals surface area contributed by atoms with E-state index in [9.17, 15) is 4.39 Å². The van der Waals surface area contributed by atoms with Gasteiger partial charge in [0, 0.05) is 32.7 Å². The molecule has 0 saturated carbocycles. The number of likely N-dealkylation sites (tertiary alicyclic amines) is 2. The predicted octanol–water partition coefficient (Wildman–Crippen LogP) is 2.98. The molecule has 0 aliphatic carbocycles. The van der Waals surface area contributed by atoms with Gasteiger partial charge >= 0.3 is 0 Å². The van der Waals surface area contributed by atoms with Gasteiger partial charge in [0.05, 0.1) is 12.8 Å². The Hall–Kier alpha value is -1.65. The fourth-order valence-electron chi connectivity index (χ4n) is 3.96. The summed E-state index contributed by atoms with van der Waals surface area (Å²) in [4.78, 5) is 4.96. The third-order valence-electron chi connectivity index (χ3n) is 4.89. The zero-order chi connectivity index (χ0) is 14.9. The quantitative estimate of drug-likeness (QED) is 0.865. The molecule has 116 valence electrons. The summed E-state index contributed by atoms with van der Waals surface area (Å²) < 4.78 is 18.7. The molecule has 2 aliphatic rings. The van der Waals surface area contributed by atoms with E-state index in [4.69, 9.17) is 4.42 Å². The number of furan rings is 1. The summed E-state index contributed by atoms with van der Waals surface area (Å²) in [7, 11) is 0. The minimum absolute atomic E-state index is 0.137. The van der Waals surface area contributed by atoms with Crippen LogP contribution in [0.15, 0.2) is 47.1 Å². The van der Waals surface area contributed by atoms with Gasteiger partial charge in [-0.15, -0.1) is 0 Å². The van der Waals surface area contributed by atoms with Crippen molar-refractivity contribution in [2.45, 2.75) is 13.1 Å². The molecule has 4 heteroatoms. The van der Waals surface area contributed by atoms with E-state index in [0.717, 1.165) is 62.4 Å². The summed E-state index contributed by atoms with van der Waals surface area (Å²) in [6.07, 6.45) is 1.74. The Balaban J connectivity index is 1.32. The highest BCUT2D eigenvalue weighted by Crippen LogP contribution is 2.32. The van der Waals surface area contributed by atoms with Crippen LogP contribution in [0.5, 0.6) is 0 Å². The minimum Gasteiger partial charge on any atom is -0.468 e. The van der Waals surface area contributed by atoms with Gasteiger partial charge in [0.1, 0.15) is 11.6 Å². The number of fused-ring (bicyclic) bond motifs is 1. The molecule has 2 fully saturated rings. The van der Waals surface area contributed by atoms with Gasteiger partial charge in [0.2, 0.25) is 0 Å². The summed E-state index contributed by atoms with van der Waals surface area (Å²) >= 11 is 0. The van der Waals surface area contributed by atoms with Gasteiger partial charge < -0.3 is 4.42 Å². The molecule has 0 spiro atoms. The Kier molecular flexibility index (Phi) is 3.72. The van der Waals surface area contributed by atoms with Crippen LogP contribution in [0, 0.1) is 17.7 Å². The van der Waals surface area contributed by atoms with E-state index < -0.39 is 0 Å². The van der Waals surface area contributed by atoms with Crippen LogP contribution < -0.4 is 0 Å². The largest absolute Gasteiger partial charge is 0.468 e. The molecule has 2 saturated heterocycles. The maximum atomic E-state index is 13.3. The number of nitrogens with zero attached hydrogens (tertiary/aromatic N) is 2. The summed E-state index contributed by atoms with van der Waals surface area (Å²) in [5.74, 6) is 2.39. The number of hydrogen-bond acceptors (Lipinski definition) is 3. The van der Waals surface area contributed by atoms with Crippen molar-refractivity contribution in [3.63, 3.8) is 0 Å². The third-order valence-corrected chi connectivity index (χ3v) is 4.89. The Morgan fingerprint density at radius 1 is 0.955 bits per heavy atom. The second-order valence-corrected chi connectivity index (χ2v) is 6.62. The lowest BCUT2D eigenvalue weighted by Crippen LogP contribution is -2.28. The average Bonchev–Trinajstić information content (AvgIpc) is 3.16. The molecule has 2 aromatic rings. The first-order valence-corrected chi connectivity index (χ1v) is 7.98. The van der Waals surface area contributed by atoms with Gasteiger partial charge in [-0.25, -0.2) is 4.39 Å². The molecule has 0 amide bonds. The minimum atomic E-state index is -0.137. The number of hydrogen-bond donors (Lipinski definition) is 0. The summed E-state index contributed by atoms with van der Waals surface area (Å²) in [6, 6.07) is 11.0. The van der Waals surface area contributed by atoms with Gasteiger partial charge in [-0.3, -0.25) is 9.80 Å². The monoisotopic (exact) mass is 300 g/mol. The van der Waals surface area contributed by atoms with Gasteiger partial charge in [-0.1, -0.05) is 12.1 Å². The van der Waals surface area contributed by atoms with Crippen LogP contribution >= 0.6 is 0 Å². The topological polar surface area (TPSA) is 19.6 Å². The molecule has 1 aromatic carbocycles. The Labute approximate surface area is 130 Å². The zero-order valence-corrected chi connectivity index (χ0v) is 12.6. The fraction of sp³-hybridized carbons (Fsp3) is 0.444. The maximum Gasteiger partial charge on any atom is 0.123 e. The van der Waals surface area contributed by atoms with Gasteiger partial charge in [-0.05, 0) is 41.7 Å². The second kappa shape index (κ2) is 5.86. The van der Waals surface area contributed by atoms with E-state index in [1.807, 2.05) is 18.2 Å². The molecule has 3 heterocycles. The lowest BCUT2D eigenvalue weighted by Gasteiger charge is -2.20. The van der Waals surface area contributed by atoms with Crippen molar-refractivity contribution in [2.24, 2.45) is 11.8 Å². The van der Waals surface area contributed by atoms with Crippen LogP contribution in [0.1, 0.15) is 11.3 Å². The third kappa shape index (κ3) is 2.94. The molecule has 0 N–H and O–H groups in total. The predicted molar refractivity (Wildman–Crippen MR) is 82.6 cm³/mol. The molecule has 0 bridgehead atoms. The summed E-state index contributed by atoms with van der Waals surface area (Å²) in [5.41, 5.74) is 1.08. The van der Waals surface area contributed by atoms with Gasteiger partial charge in [0.25, 0.3) is 0 Å². The van der Waals surface area contributed by atoms with E-state index >= 15 is 0 Å². The van der Waals surface area contributed by atoms with Crippen molar-refractivity contribution in [2.75, 3.05) is 26.2 Å². The summed E-state index contributed by atoms with van der Waals surface area (Å²) in [6.45, 7) is 6.31. The molecular formula is C18H21FN2O. The molecule has 3 nitrogen and oxygen atoms in total. The van der Waals surface area contributed by atoms with Crippen LogP contribution in [0.25, 0.3) is 0 Å². The zero-order valence-electron chi connectivity index (χ0n) is 12.6. The number of benzene rings is 1. The molecule has 0 radical (unpaired) electrons. The van der Waals surface area contributed by atoms with Crippen LogP contribution in [0.3, 0.4) is 0 Å². The van der Waals surface area contributed by atoms with Crippen molar-refractivity contribution in [1.29, 1.82) is 0 Å². The van der Waals surface area contributed by atoms with E-state index in [-0.39, 0.29) is 5.82 Å². The normalized spacial score (nSPS) is 25.7. The second-order valence-electron chi connectivity index (χ2n) is 6.62. The highest BCUT2D eigenvalue weighted by atomic mass is 19.1. The first-order valence-electron chi connectivity index (χ1n) is 7.98. The molecule has 22 heavy (non-hydrogen) atoms.